The molecule has 0 bridgehead atoms. The third kappa shape index (κ3) is 2.97. The summed E-state index contributed by atoms with van der Waals surface area (Å²) < 4.78 is 5.56. The summed E-state index contributed by atoms with van der Waals surface area (Å²) >= 11 is 1.40. The van der Waals surface area contributed by atoms with Crippen LogP contribution in [0.25, 0.3) is 0 Å². The zero-order chi connectivity index (χ0) is 13.8. The largest absolute Gasteiger partial charge is 0.366 e. The van der Waals surface area contributed by atoms with Crippen LogP contribution in [-0.2, 0) is 9.53 Å². The van der Waals surface area contributed by atoms with Crippen LogP contribution >= 0.6 is 11.3 Å². The first-order valence-corrected chi connectivity index (χ1v) is 7.33. The number of aromatic nitrogens is 1. The van der Waals surface area contributed by atoms with Gasteiger partial charge < -0.3 is 9.64 Å². The van der Waals surface area contributed by atoms with Crippen LogP contribution in [0.1, 0.15) is 0 Å². The molecule has 0 aliphatic carbocycles. The Morgan fingerprint density at radius 2 is 2.25 bits per heavy atom. The molecule has 2 aromatic rings. The number of nitrogens with one attached hydrogen (secondary N) is 1. The van der Waals surface area contributed by atoms with Gasteiger partial charge in [-0.25, -0.2) is 4.98 Å². The van der Waals surface area contributed by atoms with Crippen LogP contribution in [0.5, 0.6) is 0 Å². The number of ether oxygens (including phenoxy) is 1. The van der Waals surface area contributed by atoms with Crippen molar-refractivity contribution in [1.82, 2.24) is 4.98 Å². The molecule has 104 valence electrons. The minimum absolute atomic E-state index is 0.138. The van der Waals surface area contributed by atoms with Gasteiger partial charge in [0.05, 0.1) is 13.2 Å². The normalized spacial score (nSPS) is 18.8. The van der Waals surface area contributed by atoms with Crippen LogP contribution in [0.4, 0.5) is 10.8 Å². The lowest BCUT2D eigenvalue weighted by Crippen LogP contribution is -2.48. The Bertz CT molecular complexity index is 559. The van der Waals surface area contributed by atoms with Crippen LogP contribution in [0, 0.1) is 0 Å². The fourth-order valence-electron chi connectivity index (χ4n) is 2.15. The number of morpholine rings is 1. The molecule has 20 heavy (non-hydrogen) atoms. The van der Waals surface area contributed by atoms with Crippen LogP contribution in [0.15, 0.2) is 41.9 Å². The van der Waals surface area contributed by atoms with Crippen LogP contribution in [-0.4, -0.2) is 36.7 Å². The molecule has 1 fully saturated rings. The smallest absolute Gasteiger partial charge is 0.257 e. The van der Waals surface area contributed by atoms with Gasteiger partial charge in [-0.15, -0.1) is 11.3 Å². The van der Waals surface area contributed by atoms with E-state index in [1.54, 1.807) is 6.20 Å². The number of rotatable bonds is 3. The number of benzene rings is 1. The summed E-state index contributed by atoms with van der Waals surface area (Å²) in [4.78, 5) is 18.4. The Kier molecular flexibility index (Phi) is 3.94. The molecular weight excluding hydrogens is 274 g/mol. The number of carbonyl (C=O) groups is 1. The molecule has 6 heteroatoms. The second kappa shape index (κ2) is 6.02. The number of carbonyl (C=O) groups excluding carboxylic acids is 1. The van der Waals surface area contributed by atoms with Gasteiger partial charge in [0.25, 0.3) is 5.91 Å². The minimum atomic E-state index is -0.465. The molecule has 1 aliphatic rings. The van der Waals surface area contributed by atoms with Crippen molar-refractivity contribution in [1.29, 1.82) is 0 Å². The molecule has 1 atom stereocenters. The van der Waals surface area contributed by atoms with Gasteiger partial charge in [0.15, 0.2) is 11.2 Å². The molecule has 2 heterocycles. The topological polar surface area (TPSA) is 54.5 Å². The summed E-state index contributed by atoms with van der Waals surface area (Å²) in [6.07, 6.45) is 1.20. The van der Waals surface area contributed by atoms with E-state index in [9.17, 15) is 4.79 Å². The third-order valence-electron chi connectivity index (χ3n) is 3.14. The van der Waals surface area contributed by atoms with E-state index in [4.69, 9.17) is 4.74 Å². The minimum Gasteiger partial charge on any atom is -0.366 e. The highest BCUT2D eigenvalue weighted by Gasteiger charge is 2.27. The molecule has 1 N–H and O–H groups in total. The number of anilines is 2. The van der Waals surface area contributed by atoms with Crippen LogP contribution in [0.3, 0.4) is 0 Å². The molecule has 0 radical (unpaired) electrons. The second-order valence-corrected chi connectivity index (χ2v) is 5.36. The maximum atomic E-state index is 12.1. The van der Waals surface area contributed by atoms with Gasteiger partial charge in [-0.1, -0.05) is 18.2 Å². The molecule has 0 spiro atoms. The maximum absolute atomic E-state index is 12.1. The standard InChI is InChI=1S/C14H15N3O2S/c18-13(16-14-15-6-9-20-14)12-10-17(7-8-19-12)11-4-2-1-3-5-11/h1-6,9,12H,7-8,10H2,(H,15,16,18)/t12-/m1/s1. The van der Waals surface area contributed by atoms with E-state index in [-0.39, 0.29) is 5.91 Å². The third-order valence-corrected chi connectivity index (χ3v) is 3.83. The first-order valence-electron chi connectivity index (χ1n) is 6.45. The van der Waals surface area contributed by atoms with Gasteiger partial charge in [0, 0.05) is 23.8 Å². The first-order chi connectivity index (χ1) is 9.83. The highest BCUT2D eigenvalue weighted by molar-refractivity contribution is 7.13. The predicted molar refractivity (Wildman–Crippen MR) is 79.1 cm³/mol. The summed E-state index contributed by atoms with van der Waals surface area (Å²) in [5.41, 5.74) is 1.11. The fourth-order valence-corrected chi connectivity index (χ4v) is 2.68. The van der Waals surface area contributed by atoms with E-state index in [2.05, 4.69) is 15.2 Å². The van der Waals surface area contributed by atoms with Crippen molar-refractivity contribution < 1.29 is 9.53 Å². The van der Waals surface area contributed by atoms with Crippen molar-refractivity contribution in [2.75, 3.05) is 29.9 Å². The second-order valence-electron chi connectivity index (χ2n) is 4.47. The van der Waals surface area contributed by atoms with Gasteiger partial charge in [-0.2, -0.15) is 0 Å². The van der Waals surface area contributed by atoms with E-state index in [1.807, 2.05) is 35.7 Å². The zero-order valence-electron chi connectivity index (χ0n) is 10.9. The molecule has 1 saturated heterocycles. The van der Waals surface area contributed by atoms with E-state index in [0.717, 1.165) is 12.2 Å². The lowest BCUT2D eigenvalue weighted by molar-refractivity contribution is -0.128. The highest BCUT2D eigenvalue weighted by atomic mass is 32.1. The maximum Gasteiger partial charge on any atom is 0.257 e. The molecule has 1 amide bonds. The lowest BCUT2D eigenvalue weighted by atomic mass is 10.2. The van der Waals surface area contributed by atoms with Gasteiger partial charge in [0.2, 0.25) is 0 Å². The van der Waals surface area contributed by atoms with Crippen molar-refractivity contribution in [3.63, 3.8) is 0 Å². The summed E-state index contributed by atoms with van der Waals surface area (Å²) in [6.45, 7) is 1.90. The first kappa shape index (κ1) is 13.1. The SMILES string of the molecule is O=C(Nc1nccs1)[C@H]1CN(c2ccccc2)CCO1. The van der Waals surface area contributed by atoms with E-state index in [1.165, 1.54) is 11.3 Å². The molecule has 1 aromatic carbocycles. The van der Waals surface area contributed by atoms with Crippen LogP contribution < -0.4 is 10.2 Å². The fraction of sp³-hybridized carbons (Fsp3) is 0.286. The monoisotopic (exact) mass is 289 g/mol. The predicted octanol–water partition coefficient (Wildman–Crippen LogP) is 1.99. The Morgan fingerprint density at radius 3 is 3.00 bits per heavy atom. The quantitative estimate of drug-likeness (QED) is 0.939. The van der Waals surface area contributed by atoms with Crippen molar-refractivity contribution in [2.45, 2.75) is 6.10 Å². The van der Waals surface area contributed by atoms with E-state index in [0.29, 0.717) is 18.3 Å². The summed E-state index contributed by atoms with van der Waals surface area (Å²) in [5, 5.41) is 5.21. The Hall–Kier alpha value is -1.92. The van der Waals surface area contributed by atoms with Crippen molar-refractivity contribution in [3.05, 3.63) is 41.9 Å². The zero-order valence-corrected chi connectivity index (χ0v) is 11.7. The Morgan fingerprint density at radius 1 is 1.40 bits per heavy atom. The van der Waals surface area contributed by atoms with Crippen molar-refractivity contribution in [2.24, 2.45) is 0 Å². The Labute approximate surface area is 121 Å². The molecule has 1 aromatic heterocycles. The number of thiazole rings is 1. The number of nitrogens with zero attached hydrogens (tertiary/aromatic N) is 2. The van der Waals surface area contributed by atoms with Gasteiger partial charge >= 0.3 is 0 Å². The lowest BCUT2D eigenvalue weighted by Gasteiger charge is -2.33. The van der Waals surface area contributed by atoms with Crippen LogP contribution in [0.2, 0.25) is 0 Å². The van der Waals surface area contributed by atoms with Gasteiger partial charge in [0.1, 0.15) is 0 Å². The summed E-state index contributed by atoms with van der Waals surface area (Å²) in [6, 6.07) is 10.1. The number of para-hydroxylation sites is 1. The van der Waals surface area contributed by atoms with Crippen molar-refractivity contribution >= 4 is 28.1 Å². The molecule has 3 rings (SSSR count). The van der Waals surface area contributed by atoms with Gasteiger partial charge in [-0.05, 0) is 12.1 Å². The van der Waals surface area contributed by atoms with Gasteiger partial charge in [-0.3, -0.25) is 10.1 Å². The average Bonchev–Trinajstić information content (AvgIpc) is 3.01. The number of amides is 1. The molecule has 5 nitrogen and oxygen atoms in total. The summed E-state index contributed by atoms with van der Waals surface area (Å²) in [7, 11) is 0. The average molecular weight is 289 g/mol. The number of hydrogen-bond donors (Lipinski definition) is 1. The molecular formula is C14H15N3O2S. The number of hydrogen-bond acceptors (Lipinski definition) is 5. The Balaban J connectivity index is 1.64. The molecule has 0 unspecified atom stereocenters. The molecule has 1 aliphatic heterocycles. The van der Waals surface area contributed by atoms with E-state index >= 15 is 0 Å². The van der Waals surface area contributed by atoms with E-state index < -0.39 is 6.10 Å². The molecule has 0 saturated carbocycles. The van der Waals surface area contributed by atoms with Crippen molar-refractivity contribution in [3.8, 4) is 0 Å². The summed E-state index contributed by atoms with van der Waals surface area (Å²) in [5.74, 6) is -0.138. The highest BCUT2D eigenvalue weighted by Crippen LogP contribution is 2.18.